The maximum Gasteiger partial charge on any atom is 0.315 e. The summed E-state index contributed by atoms with van der Waals surface area (Å²) in [6, 6.07) is 19.7. The average molecular weight is 334 g/mol. The Kier molecular flexibility index (Phi) is 5.46. The molecule has 5 heteroatoms. The molecular weight excluding hydrogens is 312 g/mol. The second-order valence-electron chi connectivity index (χ2n) is 5.91. The minimum absolute atomic E-state index is 0.193. The number of carbonyl (C=O) groups excluding carboxylic acids is 1. The monoisotopic (exact) mass is 334 g/mol. The minimum atomic E-state index is -0.200. The van der Waals surface area contributed by atoms with Gasteiger partial charge in [-0.15, -0.1) is 0 Å². The number of amides is 2. The van der Waals surface area contributed by atoms with Gasteiger partial charge in [-0.05, 0) is 24.5 Å². The van der Waals surface area contributed by atoms with E-state index < -0.39 is 0 Å². The first-order valence-electron chi connectivity index (χ1n) is 8.41. The zero-order valence-corrected chi connectivity index (χ0v) is 14.2. The molecule has 0 aliphatic heterocycles. The van der Waals surface area contributed by atoms with Crippen LogP contribution in [-0.2, 0) is 6.42 Å². The number of nitrogens with zero attached hydrogens (tertiary/aromatic N) is 1. The van der Waals surface area contributed by atoms with E-state index in [-0.39, 0.29) is 12.1 Å². The molecule has 3 rings (SSSR count). The van der Waals surface area contributed by atoms with Crippen LogP contribution in [0.5, 0.6) is 0 Å². The highest BCUT2D eigenvalue weighted by Gasteiger charge is 2.13. The number of carbonyl (C=O) groups is 1. The van der Waals surface area contributed by atoms with Crippen molar-refractivity contribution < 1.29 is 4.79 Å². The Hall–Kier alpha value is -3.08. The number of aromatic amines is 1. The topological polar surface area (TPSA) is 69.8 Å². The Bertz CT molecular complexity index is 799. The highest BCUT2D eigenvalue weighted by molar-refractivity contribution is 5.74. The second kappa shape index (κ2) is 8.15. The highest BCUT2D eigenvalue weighted by atomic mass is 16.2. The van der Waals surface area contributed by atoms with Crippen molar-refractivity contribution in [1.82, 2.24) is 20.6 Å². The molecule has 25 heavy (non-hydrogen) atoms. The van der Waals surface area contributed by atoms with E-state index in [4.69, 9.17) is 0 Å². The third-order valence-electron chi connectivity index (χ3n) is 3.98. The van der Waals surface area contributed by atoms with E-state index in [1.807, 2.05) is 55.5 Å². The Morgan fingerprint density at radius 3 is 2.48 bits per heavy atom. The van der Waals surface area contributed by atoms with Crippen molar-refractivity contribution in [3.63, 3.8) is 0 Å². The number of hydrogen-bond donors (Lipinski definition) is 3. The van der Waals surface area contributed by atoms with Crippen LogP contribution in [0.25, 0.3) is 11.3 Å². The van der Waals surface area contributed by atoms with Crippen molar-refractivity contribution in [2.24, 2.45) is 0 Å². The molecule has 5 nitrogen and oxygen atoms in total. The fraction of sp³-hybridized carbons (Fsp3) is 0.200. The first kappa shape index (κ1) is 16.8. The molecule has 2 aromatic carbocycles. The number of imidazole rings is 1. The lowest BCUT2D eigenvalue weighted by atomic mass is 10.1. The summed E-state index contributed by atoms with van der Waals surface area (Å²) in [6.45, 7) is 2.50. The standard InChI is InChI=1S/C20H22N4O/c1-15(19-22-14-18(24-19)17-10-6-3-7-11-17)23-20(25)21-13-12-16-8-4-2-5-9-16/h2-11,14-15H,12-13H2,1H3,(H,22,24)(H2,21,23,25). The molecule has 1 heterocycles. The third-order valence-corrected chi connectivity index (χ3v) is 3.98. The molecule has 1 atom stereocenters. The van der Waals surface area contributed by atoms with Gasteiger partial charge < -0.3 is 15.6 Å². The van der Waals surface area contributed by atoms with Gasteiger partial charge >= 0.3 is 6.03 Å². The van der Waals surface area contributed by atoms with Crippen LogP contribution in [0.2, 0.25) is 0 Å². The minimum Gasteiger partial charge on any atom is -0.340 e. The van der Waals surface area contributed by atoms with Crippen molar-refractivity contribution in [3.05, 3.63) is 78.2 Å². The summed E-state index contributed by atoms with van der Waals surface area (Å²) < 4.78 is 0. The molecule has 0 spiro atoms. The predicted molar refractivity (Wildman–Crippen MR) is 99.1 cm³/mol. The summed E-state index contributed by atoms with van der Waals surface area (Å²) in [5.74, 6) is 0.733. The molecule has 3 N–H and O–H groups in total. The summed E-state index contributed by atoms with van der Waals surface area (Å²) in [4.78, 5) is 19.7. The Labute approximate surface area is 147 Å². The molecule has 0 fully saturated rings. The van der Waals surface area contributed by atoms with Gasteiger partial charge in [-0.1, -0.05) is 60.7 Å². The molecular formula is C20H22N4O. The third kappa shape index (κ3) is 4.70. The van der Waals surface area contributed by atoms with Crippen LogP contribution in [0, 0.1) is 0 Å². The van der Waals surface area contributed by atoms with E-state index in [9.17, 15) is 4.79 Å². The Morgan fingerprint density at radius 2 is 1.76 bits per heavy atom. The van der Waals surface area contributed by atoms with E-state index in [0.29, 0.717) is 6.54 Å². The average Bonchev–Trinajstić information content (AvgIpc) is 3.14. The van der Waals surface area contributed by atoms with Crippen molar-refractivity contribution in [3.8, 4) is 11.3 Å². The van der Waals surface area contributed by atoms with Gasteiger partial charge in [0, 0.05) is 6.54 Å². The van der Waals surface area contributed by atoms with Gasteiger partial charge in [0.25, 0.3) is 0 Å². The number of nitrogens with one attached hydrogen (secondary N) is 3. The molecule has 0 saturated carbocycles. The number of aromatic nitrogens is 2. The maximum absolute atomic E-state index is 12.0. The summed E-state index contributed by atoms with van der Waals surface area (Å²) in [7, 11) is 0. The normalized spacial score (nSPS) is 11.7. The van der Waals surface area contributed by atoms with E-state index in [0.717, 1.165) is 23.5 Å². The molecule has 0 aliphatic carbocycles. The van der Waals surface area contributed by atoms with Gasteiger partial charge in [0.05, 0.1) is 17.9 Å². The molecule has 3 aromatic rings. The molecule has 128 valence electrons. The van der Waals surface area contributed by atoms with Gasteiger partial charge in [-0.2, -0.15) is 0 Å². The molecule has 2 amide bonds. The fourth-order valence-electron chi connectivity index (χ4n) is 2.60. The molecule has 0 bridgehead atoms. The first-order valence-corrected chi connectivity index (χ1v) is 8.41. The molecule has 1 unspecified atom stereocenters. The maximum atomic E-state index is 12.0. The summed E-state index contributed by atoms with van der Waals surface area (Å²) in [5, 5.41) is 5.78. The van der Waals surface area contributed by atoms with Gasteiger partial charge in [-0.25, -0.2) is 9.78 Å². The first-order chi connectivity index (χ1) is 12.2. The SMILES string of the molecule is CC(NC(=O)NCCc1ccccc1)c1ncc(-c2ccccc2)[nH]1. The van der Waals surface area contributed by atoms with Crippen molar-refractivity contribution in [2.45, 2.75) is 19.4 Å². The zero-order valence-electron chi connectivity index (χ0n) is 14.2. The van der Waals surface area contributed by atoms with Gasteiger partial charge in [0.1, 0.15) is 5.82 Å². The number of benzene rings is 2. The van der Waals surface area contributed by atoms with Crippen LogP contribution in [0.15, 0.2) is 66.9 Å². The predicted octanol–water partition coefficient (Wildman–Crippen LogP) is 3.68. The molecule has 0 aliphatic rings. The molecule has 0 radical (unpaired) electrons. The van der Waals surface area contributed by atoms with Crippen molar-refractivity contribution in [2.75, 3.05) is 6.54 Å². The second-order valence-corrected chi connectivity index (χ2v) is 5.91. The van der Waals surface area contributed by atoms with Crippen LogP contribution in [-0.4, -0.2) is 22.5 Å². The number of H-pyrrole nitrogens is 1. The lowest BCUT2D eigenvalue weighted by molar-refractivity contribution is 0.237. The van der Waals surface area contributed by atoms with Crippen LogP contribution < -0.4 is 10.6 Å². The highest BCUT2D eigenvalue weighted by Crippen LogP contribution is 2.18. The molecule has 0 saturated heterocycles. The van der Waals surface area contributed by atoms with Crippen molar-refractivity contribution >= 4 is 6.03 Å². The van der Waals surface area contributed by atoms with E-state index in [2.05, 4.69) is 32.7 Å². The summed E-state index contributed by atoms with van der Waals surface area (Å²) in [6.07, 6.45) is 2.59. The van der Waals surface area contributed by atoms with Gasteiger partial charge in [-0.3, -0.25) is 0 Å². The van der Waals surface area contributed by atoms with Crippen LogP contribution in [0.1, 0.15) is 24.4 Å². The van der Waals surface area contributed by atoms with Gasteiger partial charge in [0.15, 0.2) is 0 Å². The largest absolute Gasteiger partial charge is 0.340 e. The van der Waals surface area contributed by atoms with Crippen LogP contribution in [0.3, 0.4) is 0 Å². The Balaban J connectivity index is 1.49. The summed E-state index contributed by atoms with van der Waals surface area (Å²) >= 11 is 0. The van der Waals surface area contributed by atoms with E-state index in [1.165, 1.54) is 5.56 Å². The lowest BCUT2D eigenvalue weighted by Gasteiger charge is -2.12. The van der Waals surface area contributed by atoms with E-state index >= 15 is 0 Å². The zero-order chi connectivity index (χ0) is 17.5. The van der Waals surface area contributed by atoms with Crippen LogP contribution >= 0.6 is 0 Å². The number of hydrogen-bond acceptors (Lipinski definition) is 2. The number of rotatable bonds is 6. The van der Waals surface area contributed by atoms with Crippen LogP contribution in [0.4, 0.5) is 4.79 Å². The number of urea groups is 1. The Morgan fingerprint density at radius 1 is 1.08 bits per heavy atom. The smallest absolute Gasteiger partial charge is 0.315 e. The van der Waals surface area contributed by atoms with E-state index in [1.54, 1.807) is 6.20 Å². The fourth-order valence-corrected chi connectivity index (χ4v) is 2.60. The summed E-state index contributed by atoms with van der Waals surface area (Å²) in [5.41, 5.74) is 3.21. The quantitative estimate of drug-likeness (QED) is 0.643. The van der Waals surface area contributed by atoms with Crippen molar-refractivity contribution in [1.29, 1.82) is 0 Å². The molecule has 1 aromatic heterocycles. The lowest BCUT2D eigenvalue weighted by Crippen LogP contribution is -2.38. The van der Waals surface area contributed by atoms with Gasteiger partial charge in [0.2, 0.25) is 0 Å².